The van der Waals surface area contributed by atoms with E-state index in [1.807, 2.05) is 52.0 Å². The van der Waals surface area contributed by atoms with E-state index in [9.17, 15) is 9.59 Å². The van der Waals surface area contributed by atoms with E-state index in [1.165, 1.54) is 17.9 Å². The summed E-state index contributed by atoms with van der Waals surface area (Å²) in [6, 6.07) is 16.5. The molecule has 0 saturated heterocycles. The first kappa shape index (κ1) is 21.1. The number of hydrogen-bond acceptors (Lipinski definition) is 3. The van der Waals surface area contributed by atoms with E-state index in [1.54, 1.807) is 24.3 Å². The summed E-state index contributed by atoms with van der Waals surface area (Å²) in [6.07, 6.45) is 3.04. The van der Waals surface area contributed by atoms with Crippen molar-refractivity contribution in [2.75, 3.05) is 0 Å². The number of hydrogen-bond donors (Lipinski definition) is 2. The smallest absolute Gasteiger partial charge is 0.268 e. The first-order valence-electron chi connectivity index (χ1n) is 9.84. The maximum absolute atomic E-state index is 13.0. The Morgan fingerprint density at radius 3 is 2.40 bits per heavy atom. The lowest BCUT2D eigenvalue weighted by Crippen LogP contribution is -2.36. The number of amides is 2. The highest BCUT2D eigenvalue weighted by atomic mass is 16.3. The van der Waals surface area contributed by atoms with Gasteiger partial charge in [0.2, 0.25) is 0 Å². The molecule has 5 heteroatoms. The van der Waals surface area contributed by atoms with Gasteiger partial charge < -0.3 is 15.1 Å². The van der Waals surface area contributed by atoms with E-state index < -0.39 is 0 Å². The van der Waals surface area contributed by atoms with Crippen molar-refractivity contribution in [2.45, 2.75) is 33.7 Å². The zero-order valence-electron chi connectivity index (χ0n) is 17.7. The van der Waals surface area contributed by atoms with Crippen LogP contribution >= 0.6 is 0 Å². The molecule has 154 valence electrons. The van der Waals surface area contributed by atoms with Gasteiger partial charge in [-0.3, -0.25) is 9.59 Å². The van der Waals surface area contributed by atoms with Crippen molar-refractivity contribution in [3.05, 3.63) is 100 Å². The molecule has 0 spiro atoms. The molecule has 3 aromatic rings. The summed E-state index contributed by atoms with van der Waals surface area (Å²) in [4.78, 5) is 25.8. The molecular weight excluding hydrogens is 376 g/mol. The third-order valence-corrected chi connectivity index (χ3v) is 4.84. The summed E-state index contributed by atoms with van der Waals surface area (Å²) < 4.78 is 5.33. The second-order valence-corrected chi connectivity index (χ2v) is 7.45. The molecule has 0 fully saturated rings. The van der Waals surface area contributed by atoms with Crippen LogP contribution in [0.4, 0.5) is 0 Å². The zero-order chi connectivity index (χ0) is 21.7. The molecule has 3 rings (SSSR count). The fraction of sp³-hybridized carbons (Fsp3) is 0.200. The number of nitrogens with one attached hydrogen (secondary N) is 2. The normalized spacial score (nSPS) is 12.3. The van der Waals surface area contributed by atoms with Crippen LogP contribution in [0.2, 0.25) is 0 Å². The van der Waals surface area contributed by atoms with E-state index in [0.717, 1.165) is 16.7 Å². The van der Waals surface area contributed by atoms with E-state index in [-0.39, 0.29) is 23.6 Å². The first-order chi connectivity index (χ1) is 14.3. The van der Waals surface area contributed by atoms with Crippen molar-refractivity contribution in [1.82, 2.24) is 10.6 Å². The molecule has 0 aliphatic heterocycles. The highest BCUT2D eigenvalue weighted by Gasteiger charge is 2.19. The molecule has 0 aliphatic rings. The lowest BCUT2D eigenvalue weighted by atomic mass is 10.00. The Kier molecular flexibility index (Phi) is 6.52. The van der Waals surface area contributed by atoms with Gasteiger partial charge in [-0.15, -0.1) is 0 Å². The van der Waals surface area contributed by atoms with Crippen LogP contribution in [0.3, 0.4) is 0 Å². The topological polar surface area (TPSA) is 71.3 Å². The van der Waals surface area contributed by atoms with Gasteiger partial charge in [-0.05, 0) is 63.1 Å². The molecule has 30 heavy (non-hydrogen) atoms. The van der Waals surface area contributed by atoms with Gasteiger partial charge in [-0.2, -0.15) is 0 Å². The van der Waals surface area contributed by atoms with Crippen LogP contribution in [-0.2, 0) is 4.79 Å². The monoisotopic (exact) mass is 402 g/mol. The summed E-state index contributed by atoms with van der Waals surface area (Å²) in [6.45, 7) is 7.88. The van der Waals surface area contributed by atoms with E-state index in [0.29, 0.717) is 11.3 Å². The summed E-state index contributed by atoms with van der Waals surface area (Å²) >= 11 is 0. The van der Waals surface area contributed by atoms with Crippen LogP contribution in [0.1, 0.15) is 51.3 Å². The van der Waals surface area contributed by atoms with Crippen LogP contribution in [0.25, 0.3) is 6.08 Å². The molecule has 1 aromatic heterocycles. The Balaban J connectivity index is 1.83. The van der Waals surface area contributed by atoms with Gasteiger partial charge in [0, 0.05) is 11.6 Å². The highest BCUT2D eigenvalue weighted by Crippen LogP contribution is 2.19. The minimum Gasteiger partial charge on any atom is -0.465 e. The summed E-state index contributed by atoms with van der Waals surface area (Å²) in [5.74, 6) is -0.269. The van der Waals surface area contributed by atoms with Crippen molar-refractivity contribution >= 4 is 17.9 Å². The van der Waals surface area contributed by atoms with Gasteiger partial charge in [0.25, 0.3) is 11.8 Å². The third kappa shape index (κ3) is 5.26. The number of aryl methyl sites for hydroxylation is 3. The number of carbonyl (C=O) groups excluding carboxylic acids is 2. The second-order valence-electron chi connectivity index (χ2n) is 7.45. The van der Waals surface area contributed by atoms with Crippen molar-refractivity contribution in [1.29, 1.82) is 0 Å². The molecule has 0 aliphatic carbocycles. The quantitative estimate of drug-likeness (QED) is 0.579. The Bertz CT molecular complexity index is 1080. The maximum Gasteiger partial charge on any atom is 0.268 e. The van der Waals surface area contributed by atoms with Gasteiger partial charge in [-0.25, -0.2) is 0 Å². The fourth-order valence-corrected chi connectivity index (χ4v) is 3.32. The average Bonchev–Trinajstić information content (AvgIpc) is 3.20. The number of carbonyl (C=O) groups is 2. The predicted molar refractivity (Wildman–Crippen MR) is 118 cm³/mol. The van der Waals surface area contributed by atoms with Crippen molar-refractivity contribution in [2.24, 2.45) is 0 Å². The molecule has 0 radical (unpaired) electrons. The van der Waals surface area contributed by atoms with Gasteiger partial charge in [0.1, 0.15) is 11.5 Å². The van der Waals surface area contributed by atoms with Gasteiger partial charge in [0.05, 0.1) is 12.3 Å². The fourth-order valence-electron chi connectivity index (χ4n) is 3.32. The van der Waals surface area contributed by atoms with Crippen LogP contribution in [0.5, 0.6) is 0 Å². The maximum atomic E-state index is 13.0. The third-order valence-electron chi connectivity index (χ3n) is 4.84. The second kappa shape index (κ2) is 9.27. The number of furan rings is 1. The molecule has 2 aromatic carbocycles. The Morgan fingerprint density at radius 1 is 0.967 bits per heavy atom. The van der Waals surface area contributed by atoms with Crippen LogP contribution in [-0.4, -0.2) is 11.8 Å². The molecule has 0 unspecified atom stereocenters. The summed E-state index contributed by atoms with van der Waals surface area (Å²) in [5.41, 5.74) is 4.86. The van der Waals surface area contributed by atoms with Crippen molar-refractivity contribution in [3.63, 3.8) is 0 Å². The molecule has 0 saturated carbocycles. The molecule has 5 nitrogen and oxygen atoms in total. The van der Waals surface area contributed by atoms with E-state index in [2.05, 4.69) is 16.7 Å². The average molecular weight is 402 g/mol. The van der Waals surface area contributed by atoms with Crippen LogP contribution < -0.4 is 10.6 Å². The predicted octanol–water partition coefficient (Wildman–Crippen LogP) is 4.85. The zero-order valence-corrected chi connectivity index (χ0v) is 17.7. The molecule has 2 N–H and O–H groups in total. The van der Waals surface area contributed by atoms with E-state index >= 15 is 0 Å². The van der Waals surface area contributed by atoms with Crippen molar-refractivity contribution < 1.29 is 14.0 Å². The molecular formula is C25H26N2O3. The Hall–Kier alpha value is -3.60. The highest BCUT2D eigenvalue weighted by molar-refractivity contribution is 6.05. The first-order valence-corrected chi connectivity index (χ1v) is 9.84. The minimum atomic E-state index is -0.389. The Labute approximate surface area is 176 Å². The molecule has 1 atom stereocenters. The van der Waals surface area contributed by atoms with Crippen molar-refractivity contribution in [3.8, 4) is 0 Å². The van der Waals surface area contributed by atoms with Crippen LogP contribution in [0, 0.1) is 20.8 Å². The SMILES string of the molecule is Cc1cccc(C(=O)N/C(=C\c2ccco2)C(=O)N[C@H](C)c2ccc(C)cc2C)c1. The largest absolute Gasteiger partial charge is 0.465 e. The number of rotatable bonds is 6. The number of benzene rings is 2. The summed E-state index contributed by atoms with van der Waals surface area (Å²) in [7, 11) is 0. The minimum absolute atomic E-state index is 0.119. The molecule has 1 heterocycles. The lowest BCUT2D eigenvalue weighted by Gasteiger charge is -2.18. The van der Waals surface area contributed by atoms with Gasteiger partial charge in [-0.1, -0.05) is 41.5 Å². The van der Waals surface area contributed by atoms with E-state index in [4.69, 9.17) is 4.42 Å². The van der Waals surface area contributed by atoms with Gasteiger partial charge in [0.15, 0.2) is 0 Å². The van der Waals surface area contributed by atoms with Crippen LogP contribution in [0.15, 0.2) is 71.0 Å². The molecule has 0 bridgehead atoms. The molecule has 2 amide bonds. The van der Waals surface area contributed by atoms with Gasteiger partial charge >= 0.3 is 0 Å². The Morgan fingerprint density at radius 2 is 1.73 bits per heavy atom. The lowest BCUT2D eigenvalue weighted by molar-refractivity contribution is -0.118. The summed E-state index contributed by atoms with van der Waals surface area (Å²) in [5, 5.41) is 5.70. The standard InChI is InChI=1S/C25H26N2O3/c1-16-7-5-8-20(14-16)24(28)27-23(15-21-9-6-12-30-21)25(29)26-19(4)22-11-10-17(2)13-18(22)3/h5-15,19H,1-4H3,(H,26,29)(H,27,28)/b23-15-/t19-/m1/s1.